The number of hydrogen-bond donors (Lipinski definition) is 1. The van der Waals surface area contributed by atoms with E-state index in [0.717, 1.165) is 12.8 Å². The highest BCUT2D eigenvalue weighted by atomic mass is 19.4. The molecule has 106 valence electrons. The lowest BCUT2D eigenvalue weighted by Gasteiger charge is -2.23. The van der Waals surface area contributed by atoms with Crippen molar-refractivity contribution in [2.75, 3.05) is 6.54 Å². The van der Waals surface area contributed by atoms with Crippen molar-refractivity contribution >= 4 is 0 Å². The van der Waals surface area contributed by atoms with Gasteiger partial charge in [-0.25, -0.2) is 4.39 Å². The van der Waals surface area contributed by atoms with Crippen LogP contribution >= 0.6 is 0 Å². The molecule has 0 saturated heterocycles. The molecule has 0 aliphatic heterocycles. The first kappa shape index (κ1) is 14.3. The molecule has 2 N–H and O–H groups in total. The molecule has 0 spiro atoms. The van der Waals surface area contributed by atoms with Crippen molar-refractivity contribution in [3.8, 4) is 0 Å². The Hall–Kier alpha value is -1.14. The minimum absolute atomic E-state index is 0.00648. The van der Waals surface area contributed by atoms with Crippen LogP contribution in [0.1, 0.15) is 24.0 Å². The van der Waals surface area contributed by atoms with E-state index in [9.17, 15) is 17.6 Å². The maximum absolute atomic E-state index is 13.3. The minimum atomic E-state index is -4.21. The molecule has 0 radical (unpaired) electrons. The molecule has 0 heterocycles. The van der Waals surface area contributed by atoms with Gasteiger partial charge < -0.3 is 5.73 Å². The van der Waals surface area contributed by atoms with Crippen molar-refractivity contribution < 1.29 is 17.6 Å². The molecule has 1 aliphatic rings. The molecule has 19 heavy (non-hydrogen) atoms. The zero-order valence-corrected chi connectivity index (χ0v) is 10.4. The maximum Gasteiger partial charge on any atom is 0.401 e. The van der Waals surface area contributed by atoms with E-state index >= 15 is 0 Å². The van der Waals surface area contributed by atoms with Crippen LogP contribution in [0.2, 0.25) is 0 Å². The van der Waals surface area contributed by atoms with E-state index in [1.165, 1.54) is 17.0 Å². The predicted molar refractivity (Wildman–Crippen MR) is 63.8 cm³/mol. The largest absolute Gasteiger partial charge is 0.401 e. The lowest BCUT2D eigenvalue weighted by Crippen LogP contribution is -2.35. The number of benzene rings is 1. The Morgan fingerprint density at radius 2 is 1.95 bits per heavy atom. The average molecular weight is 276 g/mol. The van der Waals surface area contributed by atoms with Gasteiger partial charge in [0, 0.05) is 24.7 Å². The van der Waals surface area contributed by atoms with E-state index in [1.54, 1.807) is 6.07 Å². The Bertz CT molecular complexity index is 441. The molecule has 1 aromatic rings. The Labute approximate surface area is 109 Å². The number of rotatable bonds is 5. The quantitative estimate of drug-likeness (QED) is 0.838. The van der Waals surface area contributed by atoms with Crippen LogP contribution in [-0.4, -0.2) is 23.7 Å². The second-order valence-electron chi connectivity index (χ2n) is 4.88. The average Bonchev–Trinajstić information content (AvgIpc) is 3.13. The molecule has 0 amide bonds. The van der Waals surface area contributed by atoms with E-state index < -0.39 is 18.5 Å². The highest BCUT2D eigenvalue weighted by Gasteiger charge is 2.37. The summed E-state index contributed by atoms with van der Waals surface area (Å²) in [6, 6.07) is 4.31. The van der Waals surface area contributed by atoms with Crippen LogP contribution in [0.3, 0.4) is 0 Å². The van der Waals surface area contributed by atoms with Crippen molar-refractivity contribution in [2.24, 2.45) is 5.73 Å². The summed E-state index contributed by atoms with van der Waals surface area (Å²) in [4.78, 5) is 1.40. The topological polar surface area (TPSA) is 29.3 Å². The predicted octanol–water partition coefficient (Wildman–Crippen LogP) is 2.81. The molecule has 0 atom stereocenters. The number of halogens is 4. The summed E-state index contributed by atoms with van der Waals surface area (Å²) in [5.41, 5.74) is 6.39. The standard InChI is InChI=1S/C13H16F4N2/c14-12-4-1-9(5-10(12)6-18)7-19(11-2-3-11)8-13(15,16)17/h1,4-5,11H,2-3,6-8,18H2. The monoisotopic (exact) mass is 276 g/mol. The van der Waals surface area contributed by atoms with Gasteiger partial charge in [-0.05, 0) is 24.5 Å². The van der Waals surface area contributed by atoms with Crippen molar-refractivity contribution in [2.45, 2.75) is 38.1 Å². The molecule has 2 nitrogen and oxygen atoms in total. The maximum atomic E-state index is 13.3. The zero-order chi connectivity index (χ0) is 14.0. The molecule has 1 saturated carbocycles. The van der Waals surface area contributed by atoms with Crippen LogP contribution in [0.15, 0.2) is 18.2 Å². The lowest BCUT2D eigenvalue weighted by molar-refractivity contribution is -0.148. The van der Waals surface area contributed by atoms with Gasteiger partial charge in [-0.3, -0.25) is 4.90 Å². The highest BCUT2D eigenvalue weighted by molar-refractivity contribution is 5.25. The molecule has 2 rings (SSSR count). The fourth-order valence-electron chi connectivity index (χ4n) is 2.10. The van der Waals surface area contributed by atoms with Crippen LogP contribution in [0, 0.1) is 5.82 Å². The molecule has 0 unspecified atom stereocenters. The first-order chi connectivity index (χ1) is 8.89. The Morgan fingerprint density at radius 3 is 2.47 bits per heavy atom. The molecule has 1 fully saturated rings. The van der Waals surface area contributed by atoms with Gasteiger partial charge >= 0.3 is 6.18 Å². The highest BCUT2D eigenvalue weighted by Crippen LogP contribution is 2.31. The normalized spacial score (nSPS) is 16.1. The fourth-order valence-corrected chi connectivity index (χ4v) is 2.10. The van der Waals surface area contributed by atoms with Crippen molar-refractivity contribution in [3.05, 3.63) is 35.1 Å². The Kier molecular flexibility index (Phi) is 4.10. The zero-order valence-electron chi connectivity index (χ0n) is 10.4. The van der Waals surface area contributed by atoms with E-state index in [-0.39, 0.29) is 19.1 Å². The van der Waals surface area contributed by atoms with Crippen molar-refractivity contribution in [1.29, 1.82) is 0 Å². The summed E-state index contributed by atoms with van der Waals surface area (Å²) in [6.45, 7) is -0.702. The molecule has 0 bridgehead atoms. The van der Waals surface area contributed by atoms with Gasteiger partial charge in [0.1, 0.15) is 5.82 Å². The van der Waals surface area contributed by atoms with Gasteiger partial charge in [0.2, 0.25) is 0 Å². The van der Waals surface area contributed by atoms with Gasteiger partial charge in [-0.1, -0.05) is 12.1 Å². The summed E-state index contributed by atoms with van der Waals surface area (Å²) in [5, 5.41) is 0. The van der Waals surface area contributed by atoms with Crippen LogP contribution < -0.4 is 5.73 Å². The molecule has 1 aliphatic carbocycles. The SMILES string of the molecule is NCc1cc(CN(CC(F)(F)F)C2CC2)ccc1F. The van der Waals surface area contributed by atoms with E-state index in [0.29, 0.717) is 11.1 Å². The first-order valence-corrected chi connectivity index (χ1v) is 6.17. The van der Waals surface area contributed by atoms with Gasteiger partial charge in [0.25, 0.3) is 0 Å². The third-order valence-corrected chi connectivity index (χ3v) is 3.16. The molecular weight excluding hydrogens is 260 g/mol. The van der Waals surface area contributed by atoms with Crippen molar-refractivity contribution in [1.82, 2.24) is 4.90 Å². The first-order valence-electron chi connectivity index (χ1n) is 6.17. The third-order valence-electron chi connectivity index (χ3n) is 3.16. The van der Waals surface area contributed by atoms with Crippen LogP contribution in [0.4, 0.5) is 17.6 Å². The summed E-state index contributed by atoms with van der Waals surface area (Å²) >= 11 is 0. The van der Waals surface area contributed by atoms with Crippen molar-refractivity contribution in [3.63, 3.8) is 0 Å². The number of nitrogens with two attached hydrogens (primary N) is 1. The van der Waals surface area contributed by atoms with E-state index in [4.69, 9.17) is 5.73 Å². The molecule has 0 aromatic heterocycles. The third kappa shape index (κ3) is 4.18. The summed E-state index contributed by atoms with van der Waals surface area (Å²) in [5.74, 6) is -0.417. The van der Waals surface area contributed by atoms with Crippen LogP contribution in [0.5, 0.6) is 0 Å². The number of hydrogen-bond acceptors (Lipinski definition) is 2. The minimum Gasteiger partial charge on any atom is -0.326 e. The summed E-state index contributed by atoms with van der Waals surface area (Å²) < 4.78 is 50.7. The van der Waals surface area contributed by atoms with E-state index in [1.807, 2.05) is 0 Å². The summed E-state index contributed by atoms with van der Waals surface area (Å²) in [7, 11) is 0. The molecule has 1 aromatic carbocycles. The van der Waals surface area contributed by atoms with Gasteiger partial charge in [0.15, 0.2) is 0 Å². The summed E-state index contributed by atoms with van der Waals surface area (Å²) in [6.07, 6.45) is -2.62. The van der Waals surface area contributed by atoms with Gasteiger partial charge in [0.05, 0.1) is 6.54 Å². The fraction of sp³-hybridized carbons (Fsp3) is 0.538. The van der Waals surface area contributed by atoms with Gasteiger partial charge in [-0.15, -0.1) is 0 Å². The van der Waals surface area contributed by atoms with Crippen LogP contribution in [0.25, 0.3) is 0 Å². The smallest absolute Gasteiger partial charge is 0.326 e. The Morgan fingerprint density at radius 1 is 1.26 bits per heavy atom. The second-order valence-corrected chi connectivity index (χ2v) is 4.88. The van der Waals surface area contributed by atoms with Gasteiger partial charge in [-0.2, -0.15) is 13.2 Å². The number of alkyl halides is 3. The second kappa shape index (κ2) is 5.46. The molecule has 6 heteroatoms. The van der Waals surface area contributed by atoms with Crippen LogP contribution in [-0.2, 0) is 13.1 Å². The Balaban J connectivity index is 2.08. The number of nitrogens with zero attached hydrogens (tertiary/aromatic N) is 1. The molecular formula is C13H16F4N2. The van der Waals surface area contributed by atoms with E-state index in [2.05, 4.69) is 0 Å². The lowest BCUT2D eigenvalue weighted by atomic mass is 10.1.